The van der Waals surface area contributed by atoms with E-state index in [0.717, 1.165) is 0 Å². The molecular weight excluding hydrogens is 917 g/mol. The molecule has 0 amide bonds. The van der Waals surface area contributed by atoms with Gasteiger partial charge in [0.2, 0.25) is 8.67 Å². The van der Waals surface area contributed by atoms with E-state index in [4.69, 9.17) is 232 Å². The molecule has 0 aliphatic carbocycles. The number of carbonyl (C=O) groups is 2. The third-order valence-corrected chi connectivity index (χ3v) is 18.4. The second kappa shape index (κ2) is 11.9. The van der Waals surface area contributed by atoms with Crippen LogP contribution in [0, 0.1) is 0 Å². The Labute approximate surface area is 303 Å². The lowest BCUT2D eigenvalue weighted by molar-refractivity contribution is -0.139. The van der Waals surface area contributed by atoms with Crippen molar-refractivity contribution in [2.75, 3.05) is 0 Å². The first kappa shape index (κ1) is 40.7. The smallest absolute Gasteiger partial charge is 0.343 e. The predicted molar refractivity (Wildman–Crippen MR) is 160 cm³/mol. The maximum absolute atomic E-state index is 11.5. The van der Waals surface area contributed by atoms with Crippen molar-refractivity contribution in [3.8, 4) is 0 Å². The van der Waals surface area contributed by atoms with E-state index in [0.29, 0.717) is 0 Å². The van der Waals surface area contributed by atoms with Gasteiger partial charge < -0.3 is 10.2 Å². The monoisotopic (exact) mass is 909 g/mol. The van der Waals surface area contributed by atoms with Crippen LogP contribution in [-0.4, -0.2) is 65.5 Å². The summed E-state index contributed by atoms with van der Waals surface area (Å²) >= 11 is 121. The van der Waals surface area contributed by atoms with Crippen molar-refractivity contribution in [3.05, 3.63) is 0 Å². The van der Waals surface area contributed by atoms with E-state index in [-0.39, 0.29) is 0 Å². The van der Waals surface area contributed by atoms with Gasteiger partial charge in [-0.3, -0.25) is 0 Å². The summed E-state index contributed by atoms with van der Waals surface area (Å²) in [7, 11) is 0. The molecule has 36 heavy (non-hydrogen) atoms. The molecule has 0 unspecified atom stereocenters. The van der Waals surface area contributed by atoms with E-state index in [2.05, 4.69) is 0 Å². The van der Waals surface area contributed by atoms with Crippen LogP contribution < -0.4 is 0 Å². The number of carboxylic acids is 2. The average Bonchev–Trinajstić information content (AvgIpc) is 2.65. The lowest BCUT2D eigenvalue weighted by atomic mass is 9.99. The number of hydrogen-bond donors (Lipinski definition) is 2. The fraction of sp³-hybridized carbons (Fsp3) is 0.833. The Bertz CT molecular complexity index is 817. The van der Waals surface area contributed by atoms with Crippen molar-refractivity contribution in [1.82, 2.24) is 0 Å². The summed E-state index contributed by atoms with van der Waals surface area (Å²) in [6.07, 6.45) is 0. The molecule has 0 spiro atoms. The molecule has 0 saturated carbocycles. The molecule has 0 radical (unpaired) electrons. The van der Waals surface area contributed by atoms with E-state index >= 15 is 0 Å². The molecule has 214 valence electrons. The third kappa shape index (κ3) is 5.78. The molecule has 0 aliphatic rings. The second-order valence-corrected chi connectivity index (χ2v) is 19.6. The first-order chi connectivity index (χ1) is 15.1. The molecule has 0 aromatic heterocycles. The first-order valence-corrected chi connectivity index (χ1v) is 14.9. The Balaban J connectivity index is 7.21. The maximum atomic E-state index is 11.5. The minimum absolute atomic E-state index is 2.11. The van der Waals surface area contributed by atoms with Gasteiger partial charge >= 0.3 is 11.9 Å². The van der Waals surface area contributed by atoms with E-state index < -0.39 is 55.3 Å². The maximum Gasteiger partial charge on any atom is 0.343 e. The molecule has 4 nitrogen and oxygen atoms in total. The van der Waals surface area contributed by atoms with Crippen LogP contribution in [0.2, 0.25) is 0 Å². The van der Waals surface area contributed by atoms with Gasteiger partial charge in [0.25, 0.3) is 0 Å². The number of aliphatic carboxylic acids is 2. The molecule has 0 saturated heterocycles. The van der Waals surface area contributed by atoms with Gasteiger partial charge in [0.05, 0.1) is 0 Å². The van der Waals surface area contributed by atoms with Gasteiger partial charge in [-0.2, -0.15) is 0 Å². The summed E-state index contributed by atoms with van der Waals surface area (Å²) in [5.41, 5.74) is 0. The molecule has 0 atom stereocenters. The van der Waals surface area contributed by atoms with Crippen molar-refractivity contribution in [3.63, 3.8) is 0 Å². The Hall–Kier alpha value is 4.74. The third-order valence-electron chi connectivity index (χ3n) is 4.09. The molecule has 0 bridgehead atoms. The van der Waals surface area contributed by atoms with Crippen molar-refractivity contribution in [2.45, 2.75) is 43.3 Å². The summed E-state index contributed by atoms with van der Waals surface area (Å²) in [5, 5.41) is 18.6. The van der Waals surface area contributed by atoms with Crippen molar-refractivity contribution < 1.29 is 19.8 Å². The van der Waals surface area contributed by atoms with Gasteiger partial charge in [-0.15, -0.1) is 0 Å². The van der Waals surface area contributed by atoms with Crippen LogP contribution in [0.1, 0.15) is 0 Å². The van der Waals surface area contributed by atoms with Gasteiger partial charge in [0, 0.05) is 0 Å². The summed E-state index contributed by atoms with van der Waals surface area (Å²) in [4.78, 5) is 23.0. The highest BCUT2D eigenvalue weighted by atomic mass is 35.6. The Morgan fingerprint density at radius 2 is 0.417 bits per heavy atom. The summed E-state index contributed by atoms with van der Waals surface area (Å²) in [6.45, 7) is 0. The summed E-state index contributed by atoms with van der Waals surface area (Å²) in [5.74, 6) is -4.23. The van der Waals surface area contributed by atoms with Crippen molar-refractivity contribution in [1.29, 1.82) is 0 Å². The lowest BCUT2D eigenvalue weighted by Crippen LogP contribution is -2.73. The first-order valence-electron chi connectivity index (χ1n) is 7.39. The number of hydrogen-bond acceptors (Lipinski definition) is 2. The second-order valence-electron chi connectivity index (χ2n) is 6.35. The molecule has 0 fully saturated rings. The summed E-state index contributed by atoms with van der Waals surface area (Å²) < 4.78 is -33.8. The van der Waals surface area contributed by atoms with Crippen LogP contribution in [0.15, 0.2) is 0 Å². The topological polar surface area (TPSA) is 74.6 Å². The number of rotatable bonds is 11. The zero-order valence-electron chi connectivity index (χ0n) is 15.3. The number of alkyl halides is 20. The average molecular weight is 919 g/mol. The van der Waals surface area contributed by atoms with Crippen molar-refractivity contribution in [2.24, 2.45) is 0 Å². The van der Waals surface area contributed by atoms with Gasteiger partial charge in [-0.05, 0) is 0 Å². The minimum Gasteiger partial charge on any atom is -0.479 e. The molecule has 0 aliphatic heterocycles. The highest BCUT2D eigenvalue weighted by molar-refractivity contribution is 6.83. The zero-order valence-corrected chi connectivity index (χ0v) is 30.4. The SMILES string of the molecule is O=C(O)C(Cl)(Cl)C(Cl)(Cl)C(Cl)(Cl)C(Cl)(Cl)C(Cl)(Cl)C(Cl)(Cl)C(Cl)(Cl)C(Cl)(Cl)C(Cl)(Cl)C(Cl)(Cl)C(=O)O. The van der Waals surface area contributed by atoms with E-state index in [1.165, 1.54) is 0 Å². The van der Waals surface area contributed by atoms with Crippen LogP contribution in [0.25, 0.3) is 0 Å². The highest BCUT2D eigenvalue weighted by Crippen LogP contribution is 2.74. The molecule has 24 heteroatoms. The fourth-order valence-corrected chi connectivity index (χ4v) is 8.25. The van der Waals surface area contributed by atoms with Crippen LogP contribution in [0.5, 0.6) is 0 Å². The van der Waals surface area contributed by atoms with Crippen LogP contribution in [0.4, 0.5) is 0 Å². The largest absolute Gasteiger partial charge is 0.479 e. The Kier molecular flexibility index (Phi) is 13.5. The number of carboxylic acid groups (broad SMARTS) is 2. The Morgan fingerprint density at radius 3 is 0.528 bits per heavy atom. The van der Waals surface area contributed by atoms with E-state index in [1.807, 2.05) is 0 Å². The standard InChI is InChI=1S/C12H2Cl20O4/c13-3(14,1(33)34)5(17,18)7(21,22)9(25,26)11(29,30)12(31,32)10(27,28)8(23,24)6(19,20)4(15,16)2(35)36/h(H,33,34)(H,35,36). The molecule has 0 aromatic rings. The number of halogens is 20. The van der Waals surface area contributed by atoms with E-state index in [1.54, 1.807) is 0 Å². The zero-order chi connectivity index (χ0) is 30.2. The van der Waals surface area contributed by atoms with E-state index in [9.17, 15) is 19.8 Å². The van der Waals surface area contributed by atoms with Gasteiger partial charge in [-0.1, -0.05) is 232 Å². The lowest BCUT2D eigenvalue weighted by Gasteiger charge is -2.55. The molecule has 2 N–H and O–H groups in total. The molecular formula is C12H2Cl20O4. The Morgan fingerprint density at radius 1 is 0.306 bits per heavy atom. The molecule has 0 aromatic carbocycles. The van der Waals surface area contributed by atoms with Gasteiger partial charge in [0.1, 0.15) is 0 Å². The predicted octanol–water partition coefficient (Wildman–Crippen LogP) is 10.9. The van der Waals surface area contributed by atoms with Crippen LogP contribution in [-0.2, 0) is 9.59 Å². The highest BCUT2D eigenvalue weighted by Gasteiger charge is 2.84. The van der Waals surface area contributed by atoms with Crippen LogP contribution >= 0.6 is 232 Å². The normalized spacial score (nSPS) is 16.2. The fourth-order valence-electron chi connectivity index (χ4n) is 1.85. The van der Waals surface area contributed by atoms with Gasteiger partial charge in [-0.25, -0.2) is 9.59 Å². The quantitative estimate of drug-likeness (QED) is 0.203. The minimum atomic E-state index is -3.46. The molecule has 0 rings (SSSR count). The molecule has 0 heterocycles. The summed E-state index contributed by atoms with van der Waals surface area (Å²) in [6, 6.07) is 0. The van der Waals surface area contributed by atoms with Crippen molar-refractivity contribution >= 4 is 244 Å². The van der Waals surface area contributed by atoms with Crippen LogP contribution in [0.3, 0.4) is 0 Å². The van der Waals surface area contributed by atoms with Gasteiger partial charge in [0.15, 0.2) is 34.7 Å².